The van der Waals surface area contributed by atoms with Crippen LogP contribution in [-0.4, -0.2) is 44.7 Å². The Morgan fingerprint density at radius 2 is 1.72 bits per heavy atom. The van der Waals surface area contributed by atoms with Gasteiger partial charge in [0.05, 0.1) is 29.2 Å². The van der Waals surface area contributed by atoms with E-state index in [-0.39, 0.29) is 13.3 Å². The number of nitrogens with zero attached hydrogens (tertiary/aromatic N) is 3. The molecule has 0 unspecified atom stereocenters. The van der Waals surface area contributed by atoms with Gasteiger partial charge in [0.1, 0.15) is 0 Å². The van der Waals surface area contributed by atoms with Crippen molar-refractivity contribution in [3.63, 3.8) is 0 Å². The third kappa shape index (κ3) is 5.17. The van der Waals surface area contributed by atoms with Gasteiger partial charge in [-0.2, -0.15) is 0 Å². The molecule has 0 saturated carbocycles. The molecule has 0 spiro atoms. The first-order valence-electron chi connectivity index (χ1n) is 12.5. The molecule has 0 saturated heterocycles. The smallest absolute Gasteiger partial charge is 0.262 e. The van der Waals surface area contributed by atoms with E-state index in [2.05, 4.69) is 82.0 Å². The first-order valence-corrected chi connectivity index (χ1v) is 12.5. The summed E-state index contributed by atoms with van der Waals surface area (Å²) in [6, 6.07) is 14.9. The first kappa shape index (κ1) is 27.4. The van der Waals surface area contributed by atoms with Crippen LogP contribution < -0.4 is 9.80 Å². The number of fused-ring (bicyclic) bond motifs is 1. The minimum Gasteiger partial charge on any atom is -0.383 e. The zero-order valence-electron chi connectivity index (χ0n) is 22.1. The second-order valence-electron chi connectivity index (χ2n) is 9.94. The number of carbonyl (C=O) groups is 1. The first-order chi connectivity index (χ1) is 16.7. The SMILES string of the molecule is C.COCCN(C)c1cc(-c2c(C)cccc2C)nc2c1C(=O)N(c1cc(C(C)C)ccc1C)CC2. The van der Waals surface area contributed by atoms with Crippen LogP contribution in [0.3, 0.4) is 0 Å². The van der Waals surface area contributed by atoms with Crippen LogP contribution in [0.2, 0.25) is 0 Å². The highest BCUT2D eigenvalue weighted by molar-refractivity contribution is 6.12. The molecule has 1 aliphatic heterocycles. The number of methoxy groups -OCH3 is 1. The summed E-state index contributed by atoms with van der Waals surface area (Å²) < 4.78 is 5.35. The number of aromatic nitrogens is 1. The second kappa shape index (κ2) is 11.3. The third-order valence-electron chi connectivity index (χ3n) is 7.07. The number of ether oxygens (including phenoxy) is 1. The van der Waals surface area contributed by atoms with Gasteiger partial charge in [-0.15, -0.1) is 0 Å². The lowest BCUT2D eigenvalue weighted by molar-refractivity contribution is 0.0980. The van der Waals surface area contributed by atoms with Crippen LogP contribution in [0, 0.1) is 20.8 Å². The van der Waals surface area contributed by atoms with Crippen molar-refractivity contribution in [1.29, 1.82) is 0 Å². The quantitative estimate of drug-likeness (QED) is 0.371. The largest absolute Gasteiger partial charge is 0.383 e. The van der Waals surface area contributed by atoms with Crippen molar-refractivity contribution in [2.45, 2.75) is 54.4 Å². The zero-order chi connectivity index (χ0) is 25.3. The molecule has 0 fully saturated rings. The number of carbonyl (C=O) groups excluding carboxylic acids is 1. The lowest BCUT2D eigenvalue weighted by Gasteiger charge is -2.33. The monoisotopic (exact) mass is 487 g/mol. The maximum absolute atomic E-state index is 14.1. The number of amides is 1. The topological polar surface area (TPSA) is 45.7 Å². The van der Waals surface area contributed by atoms with E-state index in [0.717, 1.165) is 40.3 Å². The summed E-state index contributed by atoms with van der Waals surface area (Å²) in [5.74, 6) is 0.425. The zero-order valence-corrected chi connectivity index (χ0v) is 22.1. The summed E-state index contributed by atoms with van der Waals surface area (Å²) in [7, 11) is 3.73. The highest BCUT2D eigenvalue weighted by Crippen LogP contribution is 2.37. The van der Waals surface area contributed by atoms with Gasteiger partial charge in [-0.25, -0.2) is 0 Å². The Balaban J connectivity index is 0.00000361. The standard InChI is InChI=1S/C30H37N3O2.CH4/c1-19(2)23-12-11-20(3)26(17-23)33-14-13-24-29(30(33)34)27(32(6)15-16-35-7)18-25(31-24)28-21(4)9-8-10-22(28)5;/h8-12,17-19H,13-16H2,1-7H3;1H4. The average Bonchev–Trinajstić information content (AvgIpc) is 2.82. The van der Waals surface area contributed by atoms with Crippen LogP contribution in [-0.2, 0) is 11.2 Å². The van der Waals surface area contributed by atoms with Gasteiger partial charge in [-0.3, -0.25) is 9.78 Å². The summed E-state index contributed by atoms with van der Waals surface area (Å²) in [6.45, 7) is 12.6. The number of aryl methyl sites for hydroxylation is 3. The fourth-order valence-corrected chi connectivity index (χ4v) is 4.95. The number of rotatable bonds is 7. The van der Waals surface area contributed by atoms with Crippen molar-refractivity contribution in [2.24, 2.45) is 0 Å². The van der Waals surface area contributed by atoms with Crippen LogP contribution in [0.15, 0.2) is 42.5 Å². The molecule has 1 aliphatic rings. The Morgan fingerprint density at radius 1 is 1.03 bits per heavy atom. The summed E-state index contributed by atoms with van der Waals surface area (Å²) in [5.41, 5.74) is 10.3. The lowest BCUT2D eigenvalue weighted by atomic mass is 9.94. The van der Waals surface area contributed by atoms with Crippen LogP contribution >= 0.6 is 0 Å². The van der Waals surface area contributed by atoms with E-state index in [0.29, 0.717) is 31.2 Å². The van der Waals surface area contributed by atoms with Gasteiger partial charge in [-0.05, 0) is 61.1 Å². The Morgan fingerprint density at radius 3 is 2.36 bits per heavy atom. The van der Waals surface area contributed by atoms with Crippen molar-refractivity contribution in [1.82, 2.24) is 4.98 Å². The summed E-state index contributed by atoms with van der Waals surface area (Å²) in [5, 5.41) is 0. The van der Waals surface area contributed by atoms with E-state index >= 15 is 0 Å². The van der Waals surface area contributed by atoms with Gasteiger partial charge in [0.25, 0.3) is 5.91 Å². The van der Waals surface area contributed by atoms with E-state index < -0.39 is 0 Å². The molecule has 3 aromatic rings. The van der Waals surface area contributed by atoms with Crippen molar-refractivity contribution < 1.29 is 9.53 Å². The highest BCUT2D eigenvalue weighted by atomic mass is 16.5. The number of hydrogen-bond donors (Lipinski definition) is 0. The van der Waals surface area contributed by atoms with Crippen molar-refractivity contribution in [2.75, 3.05) is 43.7 Å². The second-order valence-corrected chi connectivity index (χ2v) is 9.94. The van der Waals surface area contributed by atoms with E-state index in [9.17, 15) is 4.79 Å². The van der Waals surface area contributed by atoms with Crippen LogP contribution in [0.1, 0.15) is 65.5 Å². The van der Waals surface area contributed by atoms with E-state index in [4.69, 9.17) is 9.72 Å². The summed E-state index contributed by atoms with van der Waals surface area (Å²) >= 11 is 0. The molecule has 0 atom stereocenters. The molecule has 2 heterocycles. The fourth-order valence-electron chi connectivity index (χ4n) is 4.95. The van der Waals surface area contributed by atoms with Gasteiger partial charge >= 0.3 is 0 Å². The molecular formula is C31H41N3O2. The molecule has 4 rings (SSSR count). The van der Waals surface area contributed by atoms with Crippen LogP contribution in [0.4, 0.5) is 11.4 Å². The van der Waals surface area contributed by atoms with Crippen molar-refractivity contribution in [3.8, 4) is 11.3 Å². The Kier molecular flexibility index (Phi) is 8.57. The minimum atomic E-state index is 0. The van der Waals surface area contributed by atoms with E-state index in [1.807, 2.05) is 11.9 Å². The maximum atomic E-state index is 14.1. The molecule has 1 aromatic heterocycles. The van der Waals surface area contributed by atoms with Gasteiger partial charge in [0.2, 0.25) is 0 Å². The number of anilines is 2. The number of hydrogen-bond acceptors (Lipinski definition) is 4. The summed E-state index contributed by atoms with van der Waals surface area (Å²) in [6.07, 6.45) is 0.719. The predicted octanol–water partition coefficient (Wildman–Crippen LogP) is 6.72. The molecule has 0 radical (unpaired) electrons. The molecule has 0 aliphatic carbocycles. The van der Waals surface area contributed by atoms with Crippen molar-refractivity contribution in [3.05, 3.63) is 76.0 Å². The molecule has 36 heavy (non-hydrogen) atoms. The minimum absolute atomic E-state index is 0. The van der Waals surface area contributed by atoms with Gasteiger partial charge in [-0.1, -0.05) is 51.6 Å². The summed E-state index contributed by atoms with van der Waals surface area (Å²) in [4.78, 5) is 23.2. The predicted molar refractivity (Wildman–Crippen MR) is 152 cm³/mol. The molecule has 0 N–H and O–H groups in total. The molecule has 1 amide bonds. The molecule has 5 nitrogen and oxygen atoms in total. The normalized spacial score (nSPS) is 13.0. The average molecular weight is 488 g/mol. The van der Waals surface area contributed by atoms with E-state index in [1.54, 1.807) is 7.11 Å². The number of benzene rings is 2. The number of pyridine rings is 1. The Labute approximate surface area is 217 Å². The van der Waals surface area contributed by atoms with Gasteiger partial charge in [0, 0.05) is 44.9 Å². The van der Waals surface area contributed by atoms with Gasteiger partial charge < -0.3 is 14.5 Å². The highest BCUT2D eigenvalue weighted by Gasteiger charge is 2.32. The molecule has 192 valence electrons. The van der Waals surface area contributed by atoms with Crippen LogP contribution in [0.5, 0.6) is 0 Å². The van der Waals surface area contributed by atoms with Gasteiger partial charge in [0.15, 0.2) is 0 Å². The lowest BCUT2D eigenvalue weighted by Crippen LogP contribution is -2.40. The number of likely N-dealkylation sites (N-methyl/N-ethyl adjacent to an activating group) is 1. The fraction of sp³-hybridized carbons (Fsp3) is 0.419. The van der Waals surface area contributed by atoms with Crippen LogP contribution in [0.25, 0.3) is 11.3 Å². The maximum Gasteiger partial charge on any atom is 0.262 e. The third-order valence-corrected chi connectivity index (χ3v) is 7.07. The Hall–Kier alpha value is -3.18. The molecule has 5 heteroatoms. The van der Waals surface area contributed by atoms with Crippen molar-refractivity contribution >= 4 is 17.3 Å². The van der Waals surface area contributed by atoms with E-state index in [1.165, 1.54) is 16.7 Å². The molecule has 2 aromatic carbocycles. The molecule has 0 bridgehead atoms. The molecular weight excluding hydrogens is 446 g/mol. The Bertz CT molecular complexity index is 1230.